The smallest absolute Gasteiger partial charge is 0.258 e. The minimum atomic E-state index is -0.0329. The Kier molecular flexibility index (Phi) is 3.67. The molecule has 1 aliphatic heterocycles. The number of furan rings is 1. The quantitative estimate of drug-likeness (QED) is 0.720. The van der Waals surface area contributed by atoms with Crippen LogP contribution in [0, 0.1) is 13.8 Å². The summed E-state index contributed by atoms with van der Waals surface area (Å²) in [6.07, 6.45) is 0. The van der Waals surface area contributed by atoms with E-state index in [0.29, 0.717) is 24.4 Å². The van der Waals surface area contributed by atoms with Gasteiger partial charge in [0.05, 0.1) is 18.2 Å². The topological polar surface area (TPSA) is 64.2 Å². The van der Waals surface area contributed by atoms with Crippen LogP contribution in [0.1, 0.15) is 40.7 Å². The lowest BCUT2D eigenvalue weighted by molar-refractivity contribution is 0.0680. The second kappa shape index (κ2) is 5.88. The van der Waals surface area contributed by atoms with Crippen LogP contribution >= 0.6 is 0 Å². The van der Waals surface area contributed by atoms with Crippen LogP contribution in [0.4, 0.5) is 0 Å². The molecule has 128 valence electrons. The fraction of sp³-hybridized carbons (Fsp3) is 0.316. The van der Waals surface area contributed by atoms with Gasteiger partial charge in [0.2, 0.25) is 0 Å². The van der Waals surface area contributed by atoms with Gasteiger partial charge in [-0.2, -0.15) is 0 Å². The van der Waals surface area contributed by atoms with Gasteiger partial charge in [-0.3, -0.25) is 4.79 Å². The number of fused-ring (bicyclic) bond motifs is 1. The van der Waals surface area contributed by atoms with E-state index in [4.69, 9.17) is 4.42 Å². The number of aryl methyl sites for hydroxylation is 2. The van der Waals surface area contributed by atoms with E-state index in [9.17, 15) is 4.79 Å². The summed E-state index contributed by atoms with van der Waals surface area (Å²) in [5, 5.41) is 8.36. The van der Waals surface area contributed by atoms with Crippen molar-refractivity contribution < 1.29 is 9.21 Å². The molecule has 0 saturated carbocycles. The monoisotopic (exact) mass is 336 g/mol. The molecule has 25 heavy (non-hydrogen) atoms. The van der Waals surface area contributed by atoms with Gasteiger partial charge in [-0.15, -0.1) is 10.2 Å². The highest BCUT2D eigenvalue weighted by Gasteiger charge is 2.31. The van der Waals surface area contributed by atoms with Crippen LogP contribution in [0.15, 0.2) is 40.8 Å². The largest absolute Gasteiger partial charge is 0.461 e. The van der Waals surface area contributed by atoms with Crippen molar-refractivity contribution in [2.24, 2.45) is 0 Å². The van der Waals surface area contributed by atoms with E-state index in [1.807, 2.05) is 55.1 Å². The zero-order valence-corrected chi connectivity index (χ0v) is 14.6. The molecule has 0 aliphatic carbocycles. The summed E-state index contributed by atoms with van der Waals surface area (Å²) in [7, 11) is 0. The molecule has 0 saturated heterocycles. The fourth-order valence-corrected chi connectivity index (χ4v) is 3.53. The first kappa shape index (κ1) is 15.6. The van der Waals surface area contributed by atoms with Gasteiger partial charge in [-0.1, -0.05) is 30.3 Å². The van der Waals surface area contributed by atoms with Gasteiger partial charge in [-0.05, 0) is 26.8 Å². The van der Waals surface area contributed by atoms with Gasteiger partial charge in [0.15, 0.2) is 5.82 Å². The minimum absolute atomic E-state index is 0.0329. The van der Waals surface area contributed by atoms with E-state index < -0.39 is 0 Å². The van der Waals surface area contributed by atoms with Crippen molar-refractivity contribution in [3.63, 3.8) is 0 Å². The third-order valence-electron chi connectivity index (χ3n) is 4.60. The zero-order valence-electron chi connectivity index (χ0n) is 14.6. The Bertz CT molecular complexity index is 926. The summed E-state index contributed by atoms with van der Waals surface area (Å²) in [5.74, 6) is 3.03. The van der Waals surface area contributed by atoms with Crippen molar-refractivity contribution in [2.75, 3.05) is 6.54 Å². The summed E-state index contributed by atoms with van der Waals surface area (Å²) < 4.78 is 7.93. The molecule has 6 heteroatoms. The molecule has 6 nitrogen and oxygen atoms in total. The number of amides is 1. The second-order valence-electron chi connectivity index (χ2n) is 6.53. The first-order valence-electron chi connectivity index (χ1n) is 8.40. The Morgan fingerprint density at radius 2 is 1.96 bits per heavy atom. The molecule has 1 aromatic carbocycles. The first-order valence-corrected chi connectivity index (χ1v) is 8.40. The summed E-state index contributed by atoms with van der Waals surface area (Å²) in [6, 6.07) is 11.7. The maximum Gasteiger partial charge on any atom is 0.258 e. The predicted molar refractivity (Wildman–Crippen MR) is 93.1 cm³/mol. The minimum Gasteiger partial charge on any atom is -0.461 e. The van der Waals surface area contributed by atoms with Crippen LogP contribution in [-0.4, -0.2) is 32.1 Å². The molecule has 4 rings (SSSR count). The SMILES string of the molecule is Cc1cc(C(=O)N2Cc3nnc(C)n3[C@H](C)C2)c(-c2ccccc2)o1. The molecule has 1 aliphatic rings. The van der Waals surface area contributed by atoms with E-state index in [0.717, 1.165) is 23.0 Å². The number of hydrogen-bond acceptors (Lipinski definition) is 4. The maximum atomic E-state index is 13.2. The average Bonchev–Trinajstić information content (AvgIpc) is 3.18. The lowest BCUT2D eigenvalue weighted by Crippen LogP contribution is -2.40. The predicted octanol–water partition coefficient (Wildman–Crippen LogP) is 3.37. The van der Waals surface area contributed by atoms with Gasteiger partial charge in [0.25, 0.3) is 5.91 Å². The van der Waals surface area contributed by atoms with Gasteiger partial charge in [0.1, 0.15) is 17.3 Å². The molecule has 3 heterocycles. The third kappa shape index (κ3) is 2.63. The standard InChI is InChI=1S/C19H20N4O2/c1-12-10-22(11-17-21-20-14(3)23(12)17)19(24)16-9-13(2)25-18(16)15-7-5-4-6-8-15/h4-9,12H,10-11H2,1-3H3/t12-/m1/s1. The third-order valence-corrected chi connectivity index (χ3v) is 4.60. The summed E-state index contributed by atoms with van der Waals surface area (Å²) in [6.45, 7) is 6.98. The van der Waals surface area contributed by atoms with Gasteiger partial charge in [-0.25, -0.2) is 0 Å². The van der Waals surface area contributed by atoms with Crippen LogP contribution < -0.4 is 0 Å². The van der Waals surface area contributed by atoms with Crippen molar-refractivity contribution in [1.82, 2.24) is 19.7 Å². The molecule has 2 aromatic heterocycles. The van der Waals surface area contributed by atoms with Crippen molar-refractivity contribution in [1.29, 1.82) is 0 Å². The highest BCUT2D eigenvalue weighted by molar-refractivity contribution is 5.99. The van der Waals surface area contributed by atoms with Crippen LogP contribution in [0.5, 0.6) is 0 Å². The van der Waals surface area contributed by atoms with E-state index in [1.54, 1.807) is 0 Å². The molecule has 0 fully saturated rings. The number of hydrogen-bond donors (Lipinski definition) is 0. The van der Waals surface area contributed by atoms with E-state index in [1.165, 1.54) is 0 Å². The Morgan fingerprint density at radius 3 is 2.72 bits per heavy atom. The van der Waals surface area contributed by atoms with Crippen molar-refractivity contribution >= 4 is 5.91 Å². The average molecular weight is 336 g/mol. The molecule has 0 unspecified atom stereocenters. The van der Waals surface area contributed by atoms with E-state index >= 15 is 0 Å². The number of aromatic nitrogens is 3. The number of carbonyl (C=O) groups excluding carboxylic acids is 1. The molecule has 1 atom stereocenters. The normalized spacial score (nSPS) is 16.8. The van der Waals surface area contributed by atoms with Gasteiger partial charge >= 0.3 is 0 Å². The van der Waals surface area contributed by atoms with Crippen molar-refractivity contribution in [3.8, 4) is 11.3 Å². The maximum absolute atomic E-state index is 13.2. The van der Waals surface area contributed by atoms with Crippen LogP contribution in [-0.2, 0) is 6.54 Å². The molecule has 0 bridgehead atoms. The summed E-state index contributed by atoms with van der Waals surface area (Å²) >= 11 is 0. The molecule has 0 radical (unpaired) electrons. The fourth-order valence-electron chi connectivity index (χ4n) is 3.53. The lowest BCUT2D eigenvalue weighted by Gasteiger charge is -2.32. The van der Waals surface area contributed by atoms with Crippen LogP contribution in [0.25, 0.3) is 11.3 Å². The zero-order chi connectivity index (χ0) is 17.6. The Labute approximate surface area is 146 Å². The molecule has 1 amide bonds. The Balaban J connectivity index is 1.69. The molecular formula is C19H20N4O2. The highest BCUT2D eigenvalue weighted by Crippen LogP contribution is 2.30. The molecule has 0 spiro atoms. The highest BCUT2D eigenvalue weighted by atomic mass is 16.3. The first-order chi connectivity index (χ1) is 12.0. The number of carbonyl (C=O) groups is 1. The molecule has 3 aromatic rings. The summed E-state index contributed by atoms with van der Waals surface area (Å²) in [5.41, 5.74) is 1.50. The van der Waals surface area contributed by atoms with E-state index in [-0.39, 0.29) is 11.9 Å². The van der Waals surface area contributed by atoms with Crippen LogP contribution in [0.2, 0.25) is 0 Å². The van der Waals surface area contributed by atoms with Gasteiger partial charge in [0, 0.05) is 12.1 Å². The number of rotatable bonds is 2. The van der Waals surface area contributed by atoms with Crippen LogP contribution in [0.3, 0.4) is 0 Å². The summed E-state index contributed by atoms with van der Waals surface area (Å²) in [4.78, 5) is 15.0. The second-order valence-corrected chi connectivity index (χ2v) is 6.53. The van der Waals surface area contributed by atoms with Crippen molar-refractivity contribution in [3.05, 3.63) is 59.4 Å². The lowest BCUT2D eigenvalue weighted by atomic mass is 10.1. The number of benzene rings is 1. The van der Waals surface area contributed by atoms with Gasteiger partial charge < -0.3 is 13.9 Å². The molecule has 0 N–H and O–H groups in total. The Morgan fingerprint density at radius 1 is 1.20 bits per heavy atom. The number of nitrogens with zero attached hydrogens (tertiary/aromatic N) is 4. The van der Waals surface area contributed by atoms with E-state index in [2.05, 4.69) is 21.7 Å². The molecular weight excluding hydrogens is 316 g/mol. The van der Waals surface area contributed by atoms with Crippen molar-refractivity contribution in [2.45, 2.75) is 33.4 Å². The Hall–Kier alpha value is -2.89.